The molecule has 0 saturated carbocycles. The van der Waals surface area contributed by atoms with Gasteiger partial charge in [-0.1, -0.05) is 0 Å². The minimum absolute atomic E-state index is 0.0892. The van der Waals surface area contributed by atoms with Crippen LogP contribution in [0.3, 0.4) is 0 Å². The van der Waals surface area contributed by atoms with Crippen molar-refractivity contribution in [3.63, 3.8) is 0 Å². The molecule has 0 aliphatic rings. The maximum atomic E-state index is 11.1. The molecule has 0 bridgehead atoms. The van der Waals surface area contributed by atoms with Gasteiger partial charge in [0.05, 0.1) is 4.92 Å². The highest BCUT2D eigenvalue weighted by Gasteiger charge is 2.27. The molecule has 0 spiro atoms. The summed E-state index contributed by atoms with van der Waals surface area (Å²) in [6.45, 7) is 5.43. The van der Waals surface area contributed by atoms with Gasteiger partial charge in [0.15, 0.2) is 0 Å². The Bertz CT molecular complexity index is 402. The fourth-order valence-electron chi connectivity index (χ4n) is 1.81. The number of nitro groups is 1. The summed E-state index contributed by atoms with van der Waals surface area (Å²) in [7, 11) is 1.82. The van der Waals surface area contributed by atoms with Gasteiger partial charge in [-0.3, -0.25) is 10.1 Å². The quantitative estimate of drug-likeness (QED) is 0.590. The van der Waals surface area contributed by atoms with E-state index in [-0.39, 0.29) is 10.6 Å². The lowest BCUT2D eigenvalue weighted by atomic mass is 10.3. The molecule has 0 unspecified atom stereocenters. The van der Waals surface area contributed by atoms with Gasteiger partial charge in [0, 0.05) is 20.1 Å². The van der Waals surface area contributed by atoms with Gasteiger partial charge in [0.25, 0.3) is 0 Å². The molecule has 0 aliphatic carbocycles. The number of hydrogen-bond acceptors (Lipinski definition) is 5. The molecule has 1 aromatic heterocycles. The average Bonchev–Trinajstić information content (AvgIpc) is 2.62. The number of nitrogens with zero attached hydrogens (tertiary/aromatic N) is 4. The van der Waals surface area contributed by atoms with E-state index >= 15 is 0 Å². The first-order valence-electron chi connectivity index (χ1n) is 5.65. The van der Waals surface area contributed by atoms with Crippen molar-refractivity contribution in [2.75, 3.05) is 25.0 Å². The van der Waals surface area contributed by atoms with E-state index in [4.69, 9.17) is 5.73 Å². The van der Waals surface area contributed by atoms with Gasteiger partial charge in [-0.05, 0) is 26.8 Å². The molecule has 17 heavy (non-hydrogen) atoms. The first-order chi connectivity index (χ1) is 8.02. The molecule has 1 aromatic rings. The highest BCUT2D eigenvalue weighted by atomic mass is 16.6. The summed E-state index contributed by atoms with van der Waals surface area (Å²) < 4.78 is 1.66. The Hall–Kier alpha value is -1.63. The van der Waals surface area contributed by atoms with E-state index in [0.29, 0.717) is 31.1 Å². The summed E-state index contributed by atoms with van der Waals surface area (Å²) in [6, 6.07) is 0. The number of hydrogen-bond donors (Lipinski definition) is 1. The van der Waals surface area contributed by atoms with Gasteiger partial charge in [0.2, 0.25) is 5.82 Å². The largest absolute Gasteiger partial charge is 0.354 e. The third-order valence-electron chi connectivity index (χ3n) is 2.61. The second-order valence-electron chi connectivity index (χ2n) is 3.89. The Morgan fingerprint density at radius 3 is 2.71 bits per heavy atom. The third kappa shape index (κ3) is 2.73. The number of aromatic nitrogens is 2. The van der Waals surface area contributed by atoms with Gasteiger partial charge in [-0.15, -0.1) is 0 Å². The predicted octanol–water partition coefficient (Wildman–Crippen LogP) is 0.905. The van der Waals surface area contributed by atoms with Crippen molar-refractivity contribution in [1.29, 1.82) is 0 Å². The molecule has 0 saturated heterocycles. The molecule has 0 atom stereocenters. The molecule has 0 fully saturated rings. The number of rotatable bonds is 6. The second kappa shape index (κ2) is 5.62. The minimum Gasteiger partial charge on any atom is -0.354 e. The zero-order valence-electron chi connectivity index (χ0n) is 10.5. The van der Waals surface area contributed by atoms with E-state index in [0.717, 1.165) is 6.42 Å². The Morgan fingerprint density at radius 1 is 1.59 bits per heavy atom. The lowest BCUT2D eigenvalue weighted by Gasteiger charge is -2.18. The van der Waals surface area contributed by atoms with E-state index in [1.807, 2.05) is 18.9 Å². The maximum absolute atomic E-state index is 11.1. The van der Waals surface area contributed by atoms with E-state index in [9.17, 15) is 10.1 Å². The number of nitrogens with two attached hydrogens (primary N) is 1. The molecule has 7 nitrogen and oxygen atoms in total. The summed E-state index contributed by atoms with van der Waals surface area (Å²) in [4.78, 5) is 12.5. The molecule has 7 heteroatoms. The first kappa shape index (κ1) is 13.4. The van der Waals surface area contributed by atoms with Crippen LogP contribution in [0.2, 0.25) is 0 Å². The van der Waals surface area contributed by atoms with Crippen molar-refractivity contribution in [3.05, 3.63) is 15.8 Å². The van der Waals surface area contributed by atoms with Crippen molar-refractivity contribution in [3.8, 4) is 0 Å². The van der Waals surface area contributed by atoms with Crippen molar-refractivity contribution < 1.29 is 4.92 Å². The Kier molecular flexibility index (Phi) is 4.45. The highest BCUT2D eigenvalue weighted by Crippen LogP contribution is 2.30. The number of anilines is 1. The smallest absolute Gasteiger partial charge is 0.333 e. The predicted molar refractivity (Wildman–Crippen MR) is 66.2 cm³/mol. The molecular weight excluding hydrogens is 222 g/mol. The van der Waals surface area contributed by atoms with Gasteiger partial charge in [0.1, 0.15) is 5.69 Å². The Balaban J connectivity index is 3.13. The lowest BCUT2D eigenvalue weighted by molar-refractivity contribution is -0.384. The van der Waals surface area contributed by atoms with Crippen LogP contribution in [-0.2, 0) is 6.54 Å². The Labute approximate surface area is 100 Å². The van der Waals surface area contributed by atoms with Crippen LogP contribution in [-0.4, -0.2) is 34.8 Å². The normalized spacial score (nSPS) is 10.6. The monoisotopic (exact) mass is 241 g/mol. The lowest BCUT2D eigenvalue weighted by Crippen LogP contribution is -2.24. The molecule has 1 rings (SSSR count). The van der Waals surface area contributed by atoms with Crippen LogP contribution in [0.25, 0.3) is 0 Å². The fraction of sp³-hybridized carbons (Fsp3) is 0.700. The summed E-state index contributed by atoms with van der Waals surface area (Å²) in [5.41, 5.74) is 5.99. The highest BCUT2D eigenvalue weighted by molar-refractivity contribution is 5.60. The standard InChI is InChI=1S/C10H19N5O2/c1-4-14-10(13(3)7-5-6-11)9(15(16)17)8(2)12-14/h4-7,11H2,1-3H3. The zero-order valence-corrected chi connectivity index (χ0v) is 10.5. The number of aryl methyl sites for hydroxylation is 2. The van der Waals surface area contributed by atoms with Crippen molar-refractivity contribution >= 4 is 11.5 Å². The van der Waals surface area contributed by atoms with E-state index in [2.05, 4.69) is 5.10 Å². The Morgan fingerprint density at radius 2 is 2.24 bits per heavy atom. The van der Waals surface area contributed by atoms with Gasteiger partial charge in [-0.25, -0.2) is 4.68 Å². The van der Waals surface area contributed by atoms with Crippen LogP contribution in [0.1, 0.15) is 19.0 Å². The average molecular weight is 241 g/mol. The topological polar surface area (TPSA) is 90.2 Å². The van der Waals surface area contributed by atoms with Crippen LogP contribution < -0.4 is 10.6 Å². The van der Waals surface area contributed by atoms with Crippen LogP contribution in [0.4, 0.5) is 11.5 Å². The fourth-order valence-corrected chi connectivity index (χ4v) is 1.81. The van der Waals surface area contributed by atoms with Crippen molar-refractivity contribution in [2.24, 2.45) is 5.73 Å². The van der Waals surface area contributed by atoms with Crippen LogP contribution in [0, 0.1) is 17.0 Å². The summed E-state index contributed by atoms with van der Waals surface area (Å²) in [5, 5.41) is 15.2. The molecule has 0 aromatic carbocycles. The summed E-state index contributed by atoms with van der Waals surface area (Å²) in [5.74, 6) is 0.559. The zero-order chi connectivity index (χ0) is 13.0. The maximum Gasteiger partial charge on any atom is 0.333 e. The molecule has 1 heterocycles. The molecular formula is C10H19N5O2. The van der Waals surface area contributed by atoms with E-state index in [1.165, 1.54) is 0 Å². The van der Waals surface area contributed by atoms with Gasteiger partial charge < -0.3 is 10.6 Å². The third-order valence-corrected chi connectivity index (χ3v) is 2.61. The second-order valence-corrected chi connectivity index (χ2v) is 3.89. The van der Waals surface area contributed by atoms with Gasteiger partial charge >= 0.3 is 5.69 Å². The van der Waals surface area contributed by atoms with Crippen LogP contribution >= 0.6 is 0 Å². The SMILES string of the molecule is CCn1nc(C)c([N+](=O)[O-])c1N(C)CCCN. The van der Waals surface area contributed by atoms with Gasteiger partial charge in [-0.2, -0.15) is 5.10 Å². The summed E-state index contributed by atoms with van der Waals surface area (Å²) in [6.07, 6.45) is 0.793. The first-order valence-corrected chi connectivity index (χ1v) is 5.65. The molecule has 0 radical (unpaired) electrons. The van der Waals surface area contributed by atoms with Crippen LogP contribution in [0.15, 0.2) is 0 Å². The minimum atomic E-state index is -0.372. The molecule has 0 aliphatic heterocycles. The summed E-state index contributed by atoms with van der Waals surface area (Å²) >= 11 is 0. The molecule has 96 valence electrons. The van der Waals surface area contributed by atoms with E-state index < -0.39 is 0 Å². The molecule has 2 N–H and O–H groups in total. The van der Waals surface area contributed by atoms with Crippen molar-refractivity contribution in [1.82, 2.24) is 9.78 Å². The van der Waals surface area contributed by atoms with Crippen molar-refractivity contribution in [2.45, 2.75) is 26.8 Å². The molecule has 0 amide bonds. The van der Waals surface area contributed by atoms with Crippen LogP contribution in [0.5, 0.6) is 0 Å². The van der Waals surface area contributed by atoms with E-state index in [1.54, 1.807) is 11.6 Å².